The van der Waals surface area contributed by atoms with Gasteiger partial charge in [-0.15, -0.1) is 0 Å². The minimum Gasteiger partial charge on any atom is -0.497 e. The van der Waals surface area contributed by atoms with Crippen LogP contribution in [0.4, 0.5) is 0 Å². The van der Waals surface area contributed by atoms with E-state index in [1.54, 1.807) is 19.2 Å². The third-order valence-corrected chi connectivity index (χ3v) is 2.88. The summed E-state index contributed by atoms with van der Waals surface area (Å²) in [5, 5.41) is 9.28. The molecule has 0 unspecified atom stereocenters. The Morgan fingerprint density at radius 3 is 2.44 bits per heavy atom. The van der Waals surface area contributed by atoms with Crippen LogP contribution in [-0.4, -0.2) is 25.3 Å². The van der Waals surface area contributed by atoms with Crippen molar-refractivity contribution in [1.29, 1.82) is 0 Å². The van der Waals surface area contributed by atoms with Gasteiger partial charge in [0.1, 0.15) is 17.1 Å². The third-order valence-electron chi connectivity index (χ3n) is 2.88. The molecule has 1 aromatic carbocycles. The highest BCUT2D eigenvalue weighted by atomic mass is 16.5. The second-order valence-electron chi connectivity index (χ2n) is 4.13. The van der Waals surface area contributed by atoms with Crippen LogP contribution >= 0.6 is 0 Å². The number of hydrogen-bond donors (Lipinski definition) is 1. The van der Waals surface area contributed by atoms with Gasteiger partial charge in [-0.1, -0.05) is 19.8 Å². The molecule has 0 bridgehead atoms. The van der Waals surface area contributed by atoms with Crippen molar-refractivity contribution in [3.63, 3.8) is 0 Å². The number of carbonyl (C=O) groups is 1. The minimum atomic E-state index is -0.957. The molecule has 100 valence electrons. The molecule has 0 aliphatic heterocycles. The number of ether oxygens (including phenoxy) is 2. The maximum Gasteiger partial charge on any atom is 0.339 e. The summed E-state index contributed by atoms with van der Waals surface area (Å²) in [4.78, 5) is 11.3. The monoisotopic (exact) mass is 252 g/mol. The summed E-state index contributed by atoms with van der Waals surface area (Å²) in [7, 11) is 3.03. The number of aromatic carboxylic acids is 1. The van der Waals surface area contributed by atoms with Gasteiger partial charge in [-0.2, -0.15) is 0 Å². The van der Waals surface area contributed by atoms with E-state index < -0.39 is 5.97 Å². The first kappa shape index (κ1) is 14.4. The SMILES string of the molecule is CCCCCc1cc(OC)cc(OC)c1C(=O)O. The molecule has 0 aliphatic carbocycles. The van der Waals surface area contributed by atoms with Crippen molar-refractivity contribution < 1.29 is 19.4 Å². The van der Waals surface area contributed by atoms with Gasteiger partial charge < -0.3 is 14.6 Å². The molecule has 0 saturated carbocycles. The molecule has 0 heterocycles. The lowest BCUT2D eigenvalue weighted by Crippen LogP contribution is -2.06. The molecular weight excluding hydrogens is 232 g/mol. The van der Waals surface area contributed by atoms with E-state index in [1.807, 2.05) is 0 Å². The number of carboxylic acids is 1. The Morgan fingerprint density at radius 1 is 1.22 bits per heavy atom. The molecule has 1 aromatic rings. The summed E-state index contributed by atoms with van der Waals surface area (Å²) < 4.78 is 10.3. The quantitative estimate of drug-likeness (QED) is 0.757. The average Bonchev–Trinajstić information content (AvgIpc) is 2.37. The van der Waals surface area contributed by atoms with E-state index in [4.69, 9.17) is 9.47 Å². The molecule has 0 aromatic heterocycles. The normalized spacial score (nSPS) is 10.2. The van der Waals surface area contributed by atoms with Crippen LogP contribution in [-0.2, 0) is 6.42 Å². The van der Waals surface area contributed by atoms with Crippen LogP contribution in [0.25, 0.3) is 0 Å². The second kappa shape index (κ2) is 6.89. The van der Waals surface area contributed by atoms with Gasteiger partial charge in [0.05, 0.1) is 14.2 Å². The van der Waals surface area contributed by atoms with Crippen molar-refractivity contribution >= 4 is 5.97 Å². The molecule has 4 nitrogen and oxygen atoms in total. The van der Waals surface area contributed by atoms with Crippen molar-refractivity contribution in [2.75, 3.05) is 14.2 Å². The molecule has 0 atom stereocenters. The van der Waals surface area contributed by atoms with Crippen molar-refractivity contribution in [2.45, 2.75) is 32.6 Å². The largest absolute Gasteiger partial charge is 0.497 e. The van der Waals surface area contributed by atoms with E-state index in [9.17, 15) is 9.90 Å². The highest BCUT2D eigenvalue weighted by Crippen LogP contribution is 2.30. The maximum absolute atomic E-state index is 11.3. The van der Waals surface area contributed by atoms with Crippen LogP contribution in [0.15, 0.2) is 12.1 Å². The van der Waals surface area contributed by atoms with E-state index >= 15 is 0 Å². The Balaban J connectivity index is 3.13. The van der Waals surface area contributed by atoms with E-state index in [-0.39, 0.29) is 5.56 Å². The van der Waals surface area contributed by atoms with Gasteiger partial charge in [0.2, 0.25) is 0 Å². The first-order chi connectivity index (χ1) is 8.63. The molecule has 0 amide bonds. The van der Waals surface area contributed by atoms with E-state index in [0.29, 0.717) is 11.5 Å². The van der Waals surface area contributed by atoms with Gasteiger partial charge >= 0.3 is 5.97 Å². The number of methoxy groups -OCH3 is 2. The number of aryl methyl sites for hydroxylation is 1. The van der Waals surface area contributed by atoms with Crippen LogP contribution < -0.4 is 9.47 Å². The summed E-state index contributed by atoms with van der Waals surface area (Å²) in [6.45, 7) is 2.12. The topological polar surface area (TPSA) is 55.8 Å². The van der Waals surface area contributed by atoms with Gasteiger partial charge in [-0.25, -0.2) is 4.79 Å². The van der Waals surface area contributed by atoms with E-state index in [0.717, 1.165) is 31.2 Å². The molecule has 0 saturated heterocycles. The summed E-state index contributed by atoms with van der Waals surface area (Å²) in [6.07, 6.45) is 3.87. The Kier molecular flexibility index (Phi) is 5.49. The minimum absolute atomic E-state index is 0.245. The van der Waals surface area contributed by atoms with Gasteiger partial charge in [-0.3, -0.25) is 0 Å². The number of carboxylic acid groups (broad SMARTS) is 1. The van der Waals surface area contributed by atoms with Crippen LogP contribution in [0.5, 0.6) is 11.5 Å². The lowest BCUT2D eigenvalue weighted by atomic mass is 10.00. The standard InChI is InChI=1S/C14H20O4/c1-4-5-6-7-10-8-11(17-2)9-12(18-3)13(10)14(15)16/h8-9H,4-7H2,1-3H3,(H,15,16). The predicted octanol–water partition coefficient (Wildman–Crippen LogP) is 3.13. The molecule has 0 fully saturated rings. The summed E-state index contributed by atoms with van der Waals surface area (Å²) in [5.41, 5.74) is 1.02. The number of rotatable bonds is 7. The first-order valence-corrected chi connectivity index (χ1v) is 6.12. The van der Waals surface area contributed by atoms with Gasteiger partial charge in [0.25, 0.3) is 0 Å². The summed E-state index contributed by atoms with van der Waals surface area (Å²) >= 11 is 0. The Hall–Kier alpha value is -1.71. The van der Waals surface area contributed by atoms with Crippen LogP contribution in [0, 0.1) is 0 Å². The van der Waals surface area contributed by atoms with Crippen LogP contribution in [0.2, 0.25) is 0 Å². The molecular formula is C14H20O4. The molecule has 1 N–H and O–H groups in total. The lowest BCUT2D eigenvalue weighted by molar-refractivity contribution is 0.0692. The summed E-state index contributed by atoms with van der Waals surface area (Å²) in [6, 6.07) is 3.38. The Morgan fingerprint density at radius 2 is 1.94 bits per heavy atom. The van der Waals surface area contributed by atoms with Gasteiger partial charge in [0, 0.05) is 6.07 Å². The zero-order chi connectivity index (χ0) is 13.5. The lowest BCUT2D eigenvalue weighted by Gasteiger charge is -2.13. The van der Waals surface area contributed by atoms with Crippen LogP contribution in [0.3, 0.4) is 0 Å². The fourth-order valence-electron chi connectivity index (χ4n) is 1.93. The van der Waals surface area contributed by atoms with Crippen LogP contribution in [0.1, 0.15) is 42.1 Å². The molecule has 18 heavy (non-hydrogen) atoms. The fourth-order valence-corrected chi connectivity index (χ4v) is 1.93. The van der Waals surface area contributed by atoms with E-state index in [2.05, 4.69) is 6.92 Å². The zero-order valence-electron chi connectivity index (χ0n) is 11.2. The van der Waals surface area contributed by atoms with Gasteiger partial charge in [0.15, 0.2) is 0 Å². The molecule has 4 heteroatoms. The second-order valence-corrected chi connectivity index (χ2v) is 4.13. The fraction of sp³-hybridized carbons (Fsp3) is 0.500. The highest BCUT2D eigenvalue weighted by molar-refractivity contribution is 5.93. The average molecular weight is 252 g/mol. The van der Waals surface area contributed by atoms with Crippen molar-refractivity contribution in [3.8, 4) is 11.5 Å². The van der Waals surface area contributed by atoms with Gasteiger partial charge in [-0.05, 0) is 24.5 Å². The molecule has 0 aliphatic rings. The first-order valence-electron chi connectivity index (χ1n) is 6.12. The zero-order valence-corrected chi connectivity index (χ0v) is 11.2. The smallest absolute Gasteiger partial charge is 0.339 e. The molecule has 0 spiro atoms. The van der Waals surface area contributed by atoms with Crippen molar-refractivity contribution in [1.82, 2.24) is 0 Å². The summed E-state index contributed by atoms with van der Waals surface area (Å²) in [5.74, 6) is 0.0256. The molecule has 1 rings (SSSR count). The molecule has 0 radical (unpaired) electrons. The maximum atomic E-state index is 11.3. The highest BCUT2D eigenvalue weighted by Gasteiger charge is 2.18. The van der Waals surface area contributed by atoms with Crippen molar-refractivity contribution in [3.05, 3.63) is 23.3 Å². The number of benzene rings is 1. The Labute approximate surface area is 108 Å². The third kappa shape index (κ3) is 3.39. The number of hydrogen-bond acceptors (Lipinski definition) is 3. The van der Waals surface area contributed by atoms with Crippen molar-refractivity contribution in [2.24, 2.45) is 0 Å². The van der Waals surface area contributed by atoms with E-state index in [1.165, 1.54) is 7.11 Å². The number of unbranched alkanes of at least 4 members (excludes halogenated alkanes) is 2. The predicted molar refractivity (Wildman–Crippen MR) is 69.7 cm³/mol. The Bertz CT molecular complexity index is 413.